The summed E-state index contributed by atoms with van der Waals surface area (Å²) in [6.45, 7) is 4.62. The molecule has 19 heavy (non-hydrogen) atoms. The van der Waals surface area contributed by atoms with E-state index >= 15 is 0 Å². The Kier molecular flexibility index (Phi) is 5.43. The van der Waals surface area contributed by atoms with E-state index in [4.69, 9.17) is 4.74 Å². The lowest BCUT2D eigenvalue weighted by Gasteiger charge is -2.16. The minimum atomic E-state index is 0.714. The molecule has 0 aliphatic rings. The van der Waals surface area contributed by atoms with E-state index in [1.807, 2.05) is 19.1 Å². The van der Waals surface area contributed by atoms with Gasteiger partial charge in [-0.3, -0.25) is 4.90 Å². The van der Waals surface area contributed by atoms with Crippen LogP contribution >= 0.6 is 27.3 Å². The van der Waals surface area contributed by atoms with Gasteiger partial charge in [0.25, 0.3) is 0 Å². The average Bonchev–Trinajstić information content (AvgIpc) is 2.78. The van der Waals surface area contributed by atoms with Gasteiger partial charge in [0.15, 0.2) is 0 Å². The molecule has 0 saturated carbocycles. The quantitative estimate of drug-likeness (QED) is 0.765. The molecule has 2 rings (SSSR count). The molecule has 0 saturated heterocycles. The average molecular weight is 340 g/mol. The van der Waals surface area contributed by atoms with Crippen LogP contribution in [-0.2, 0) is 13.1 Å². The molecule has 0 bridgehead atoms. The van der Waals surface area contributed by atoms with Crippen molar-refractivity contribution in [1.29, 1.82) is 0 Å². The lowest BCUT2D eigenvalue weighted by atomic mass is 10.2. The smallest absolute Gasteiger partial charge is 0.119 e. The first kappa shape index (κ1) is 14.6. The van der Waals surface area contributed by atoms with Crippen LogP contribution in [0.5, 0.6) is 5.75 Å². The standard InChI is InChI=1S/C15H18BrNOS/c1-3-18-13-6-4-12(5-7-13)10-17(2)11-15-14(16)8-9-19-15/h4-9H,3,10-11H2,1-2H3. The number of nitrogens with zero attached hydrogens (tertiary/aromatic N) is 1. The zero-order valence-electron chi connectivity index (χ0n) is 11.2. The normalized spacial score (nSPS) is 10.9. The second kappa shape index (κ2) is 7.08. The molecule has 0 aliphatic carbocycles. The molecular weight excluding hydrogens is 322 g/mol. The van der Waals surface area contributed by atoms with Gasteiger partial charge < -0.3 is 4.74 Å². The Labute approximate surface area is 127 Å². The predicted octanol–water partition coefficient (Wildman–Crippen LogP) is 4.54. The summed E-state index contributed by atoms with van der Waals surface area (Å²) >= 11 is 5.36. The van der Waals surface area contributed by atoms with E-state index in [0.717, 1.165) is 18.8 Å². The van der Waals surface area contributed by atoms with E-state index in [2.05, 4.69) is 51.5 Å². The van der Waals surface area contributed by atoms with E-state index in [0.29, 0.717) is 6.61 Å². The van der Waals surface area contributed by atoms with Crippen LogP contribution < -0.4 is 4.74 Å². The van der Waals surface area contributed by atoms with Crippen LogP contribution in [0.1, 0.15) is 17.4 Å². The number of benzene rings is 1. The maximum absolute atomic E-state index is 5.45. The van der Waals surface area contributed by atoms with E-state index < -0.39 is 0 Å². The van der Waals surface area contributed by atoms with E-state index in [1.165, 1.54) is 14.9 Å². The molecule has 0 aliphatic heterocycles. The Morgan fingerprint density at radius 1 is 1.16 bits per heavy atom. The Morgan fingerprint density at radius 3 is 2.47 bits per heavy atom. The van der Waals surface area contributed by atoms with E-state index in [1.54, 1.807) is 11.3 Å². The fourth-order valence-corrected chi connectivity index (χ4v) is 3.47. The molecule has 4 heteroatoms. The highest BCUT2D eigenvalue weighted by molar-refractivity contribution is 9.10. The Balaban J connectivity index is 1.91. The second-order valence-corrected chi connectivity index (χ2v) is 6.30. The van der Waals surface area contributed by atoms with Crippen molar-refractivity contribution in [2.75, 3.05) is 13.7 Å². The molecule has 0 spiro atoms. The van der Waals surface area contributed by atoms with Crippen molar-refractivity contribution in [3.8, 4) is 5.75 Å². The largest absolute Gasteiger partial charge is 0.494 e. The van der Waals surface area contributed by atoms with Gasteiger partial charge in [-0.2, -0.15) is 0 Å². The SMILES string of the molecule is CCOc1ccc(CN(C)Cc2sccc2Br)cc1. The molecule has 0 amide bonds. The molecule has 0 fully saturated rings. The molecule has 0 radical (unpaired) electrons. The van der Waals surface area contributed by atoms with Crippen molar-refractivity contribution in [3.05, 3.63) is 50.6 Å². The van der Waals surface area contributed by atoms with Crippen molar-refractivity contribution in [3.63, 3.8) is 0 Å². The molecule has 2 nitrogen and oxygen atoms in total. The Morgan fingerprint density at radius 2 is 1.89 bits per heavy atom. The van der Waals surface area contributed by atoms with Crippen molar-refractivity contribution in [2.24, 2.45) is 0 Å². The van der Waals surface area contributed by atoms with Gasteiger partial charge in [-0.05, 0) is 59.0 Å². The van der Waals surface area contributed by atoms with Crippen LogP contribution in [0.4, 0.5) is 0 Å². The summed E-state index contributed by atoms with van der Waals surface area (Å²) in [5.41, 5.74) is 1.30. The summed E-state index contributed by atoms with van der Waals surface area (Å²) in [5.74, 6) is 0.940. The first-order chi connectivity index (χ1) is 9.19. The minimum absolute atomic E-state index is 0.714. The monoisotopic (exact) mass is 339 g/mol. The van der Waals surface area contributed by atoms with Crippen LogP contribution in [0.15, 0.2) is 40.2 Å². The van der Waals surface area contributed by atoms with Gasteiger partial charge >= 0.3 is 0 Å². The highest BCUT2D eigenvalue weighted by Gasteiger charge is 2.06. The van der Waals surface area contributed by atoms with Gasteiger partial charge in [0, 0.05) is 22.4 Å². The van der Waals surface area contributed by atoms with Gasteiger partial charge in [0.1, 0.15) is 5.75 Å². The molecule has 2 aromatic rings. The second-order valence-electron chi connectivity index (χ2n) is 4.44. The van der Waals surface area contributed by atoms with Crippen LogP contribution in [0, 0.1) is 0 Å². The number of hydrogen-bond donors (Lipinski definition) is 0. The fraction of sp³-hybridized carbons (Fsp3) is 0.333. The topological polar surface area (TPSA) is 12.5 Å². The van der Waals surface area contributed by atoms with Gasteiger partial charge in [-0.15, -0.1) is 11.3 Å². The van der Waals surface area contributed by atoms with Crippen molar-refractivity contribution in [2.45, 2.75) is 20.0 Å². The number of ether oxygens (including phenoxy) is 1. The maximum atomic E-state index is 5.45. The number of thiophene rings is 1. The summed E-state index contributed by atoms with van der Waals surface area (Å²) in [7, 11) is 2.14. The number of halogens is 1. The van der Waals surface area contributed by atoms with Crippen LogP contribution in [0.25, 0.3) is 0 Å². The fourth-order valence-electron chi connectivity index (χ4n) is 1.91. The van der Waals surface area contributed by atoms with Gasteiger partial charge in [-0.25, -0.2) is 0 Å². The molecular formula is C15H18BrNOS. The summed E-state index contributed by atoms with van der Waals surface area (Å²) in [4.78, 5) is 3.68. The molecule has 0 N–H and O–H groups in total. The third kappa shape index (κ3) is 4.34. The maximum Gasteiger partial charge on any atom is 0.119 e. The first-order valence-corrected chi connectivity index (χ1v) is 7.98. The number of rotatable bonds is 6. The van der Waals surface area contributed by atoms with Gasteiger partial charge in [-0.1, -0.05) is 12.1 Å². The van der Waals surface area contributed by atoms with Crippen LogP contribution in [0.2, 0.25) is 0 Å². The number of hydrogen-bond acceptors (Lipinski definition) is 3. The third-order valence-corrected chi connectivity index (χ3v) is 4.70. The van der Waals surface area contributed by atoms with E-state index in [9.17, 15) is 0 Å². The van der Waals surface area contributed by atoms with Gasteiger partial charge in [0.2, 0.25) is 0 Å². The van der Waals surface area contributed by atoms with Gasteiger partial charge in [0.05, 0.1) is 6.61 Å². The first-order valence-electron chi connectivity index (χ1n) is 6.31. The molecule has 1 aromatic heterocycles. The summed E-state index contributed by atoms with van der Waals surface area (Å²) in [5, 5.41) is 2.12. The van der Waals surface area contributed by atoms with Crippen molar-refractivity contribution < 1.29 is 4.74 Å². The van der Waals surface area contributed by atoms with E-state index in [-0.39, 0.29) is 0 Å². The molecule has 0 atom stereocenters. The molecule has 0 unspecified atom stereocenters. The molecule has 1 heterocycles. The lowest BCUT2D eigenvalue weighted by Crippen LogP contribution is -2.16. The summed E-state index contributed by atoms with van der Waals surface area (Å²) < 4.78 is 6.65. The van der Waals surface area contributed by atoms with Crippen molar-refractivity contribution in [1.82, 2.24) is 4.90 Å². The zero-order chi connectivity index (χ0) is 13.7. The lowest BCUT2D eigenvalue weighted by molar-refractivity contribution is 0.320. The Bertz CT molecular complexity index is 509. The van der Waals surface area contributed by atoms with Crippen molar-refractivity contribution >= 4 is 27.3 Å². The highest BCUT2D eigenvalue weighted by Crippen LogP contribution is 2.24. The molecule has 102 valence electrons. The van der Waals surface area contributed by atoms with Crippen LogP contribution in [0.3, 0.4) is 0 Å². The Hall–Kier alpha value is -0.840. The third-order valence-electron chi connectivity index (χ3n) is 2.79. The molecule has 1 aromatic carbocycles. The predicted molar refractivity (Wildman–Crippen MR) is 84.8 cm³/mol. The minimum Gasteiger partial charge on any atom is -0.494 e. The zero-order valence-corrected chi connectivity index (χ0v) is 13.6. The highest BCUT2D eigenvalue weighted by atomic mass is 79.9. The van der Waals surface area contributed by atoms with Crippen LogP contribution in [-0.4, -0.2) is 18.6 Å². The summed E-state index contributed by atoms with van der Waals surface area (Å²) in [6.07, 6.45) is 0. The summed E-state index contributed by atoms with van der Waals surface area (Å²) in [6, 6.07) is 10.4.